The van der Waals surface area contributed by atoms with Crippen molar-refractivity contribution in [2.24, 2.45) is 5.92 Å². The number of nitrogens with one attached hydrogen (secondary N) is 1. The number of fused-ring (bicyclic) bond motifs is 2. The van der Waals surface area contributed by atoms with Gasteiger partial charge in [0.2, 0.25) is 5.91 Å². The number of hydrogen-bond acceptors (Lipinski definition) is 7. The highest BCUT2D eigenvalue weighted by atomic mass is 16.6. The summed E-state index contributed by atoms with van der Waals surface area (Å²) >= 11 is 0. The van der Waals surface area contributed by atoms with E-state index in [-0.39, 0.29) is 24.5 Å². The third-order valence-corrected chi connectivity index (χ3v) is 11.0. The summed E-state index contributed by atoms with van der Waals surface area (Å²) in [6, 6.07) is 30.3. The molecule has 0 bridgehead atoms. The first kappa shape index (κ1) is 38.6. The van der Waals surface area contributed by atoms with Gasteiger partial charge >= 0.3 is 5.97 Å². The number of aliphatic carboxylic acids is 1. The molecule has 1 aromatic heterocycles. The Morgan fingerprint density at radius 2 is 1.68 bits per heavy atom. The maximum absolute atomic E-state index is 14.4. The third-order valence-electron chi connectivity index (χ3n) is 11.0. The first-order chi connectivity index (χ1) is 27.1. The molecule has 0 saturated carbocycles. The molecule has 0 fully saturated rings. The van der Waals surface area contributed by atoms with Gasteiger partial charge in [0.15, 0.2) is 17.6 Å². The minimum Gasteiger partial charge on any atom is -0.493 e. The molecule has 9 heteroatoms. The van der Waals surface area contributed by atoms with Crippen LogP contribution in [0.4, 0.5) is 0 Å². The number of pyridine rings is 1. The highest BCUT2D eigenvalue weighted by molar-refractivity contribution is 5.87. The van der Waals surface area contributed by atoms with Gasteiger partial charge in [-0.25, -0.2) is 4.79 Å². The van der Waals surface area contributed by atoms with Crippen molar-refractivity contribution >= 4 is 11.9 Å². The van der Waals surface area contributed by atoms with Crippen LogP contribution in [-0.4, -0.2) is 52.2 Å². The van der Waals surface area contributed by atoms with Crippen molar-refractivity contribution < 1.29 is 28.9 Å². The molecule has 56 heavy (non-hydrogen) atoms. The van der Waals surface area contributed by atoms with E-state index < -0.39 is 18.1 Å². The zero-order chi connectivity index (χ0) is 39.3. The van der Waals surface area contributed by atoms with E-state index in [0.29, 0.717) is 43.6 Å². The van der Waals surface area contributed by atoms with Gasteiger partial charge in [0.05, 0.1) is 12.6 Å². The highest BCUT2D eigenvalue weighted by Crippen LogP contribution is 2.42. The van der Waals surface area contributed by atoms with E-state index in [4.69, 9.17) is 14.2 Å². The molecule has 7 rings (SSSR count). The lowest BCUT2D eigenvalue weighted by Gasteiger charge is -2.42. The van der Waals surface area contributed by atoms with Crippen LogP contribution in [0, 0.1) is 19.8 Å². The molecule has 2 aliphatic heterocycles. The number of amides is 1. The number of aryl methyl sites for hydroxylation is 1. The van der Waals surface area contributed by atoms with Gasteiger partial charge in [-0.1, -0.05) is 87.5 Å². The Balaban J connectivity index is 1.11. The number of carboxylic acid groups (broad SMARTS) is 1. The van der Waals surface area contributed by atoms with Crippen LogP contribution in [0.25, 0.3) is 11.1 Å². The summed E-state index contributed by atoms with van der Waals surface area (Å²) in [5.74, 6) is 1.19. The second-order valence-electron chi connectivity index (χ2n) is 15.4. The SMILES string of the molecule is CC[C@@H](c1ccccc1)N1Cc2cc3c(cc2C[C@H]1C(=O)N[C@@H](Cc1ccc(-c2ccnc(C)c2C)cc1)C(=O)O)OC[C@H](c1ccc(OCC(C)C)cc1)O3. The van der Waals surface area contributed by atoms with Gasteiger partial charge < -0.3 is 24.6 Å². The highest BCUT2D eigenvalue weighted by Gasteiger charge is 2.38. The Morgan fingerprint density at radius 1 is 0.946 bits per heavy atom. The number of carboxylic acids is 1. The van der Waals surface area contributed by atoms with Crippen LogP contribution in [0.1, 0.15) is 78.4 Å². The van der Waals surface area contributed by atoms with Gasteiger partial charge in [-0.05, 0) is 107 Å². The lowest BCUT2D eigenvalue weighted by molar-refractivity contribution is -0.143. The van der Waals surface area contributed by atoms with Gasteiger partial charge in [-0.15, -0.1) is 0 Å². The molecule has 3 heterocycles. The number of carbonyl (C=O) groups is 2. The number of nitrogens with zero attached hydrogens (tertiary/aromatic N) is 2. The molecular formula is C47H51N3O6. The smallest absolute Gasteiger partial charge is 0.326 e. The van der Waals surface area contributed by atoms with E-state index in [9.17, 15) is 14.7 Å². The fraction of sp³-hybridized carbons (Fsp3) is 0.340. The molecule has 0 saturated heterocycles. The Kier molecular flexibility index (Phi) is 11.7. The number of carbonyl (C=O) groups excluding carboxylic acids is 1. The molecule has 0 aliphatic carbocycles. The minimum atomic E-state index is -1.11. The monoisotopic (exact) mass is 753 g/mol. The van der Waals surface area contributed by atoms with Crippen molar-refractivity contribution in [1.82, 2.24) is 15.2 Å². The van der Waals surface area contributed by atoms with Crippen LogP contribution >= 0.6 is 0 Å². The molecule has 2 aliphatic rings. The maximum Gasteiger partial charge on any atom is 0.326 e. The maximum atomic E-state index is 14.4. The Bertz CT molecular complexity index is 2150. The van der Waals surface area contributed by atoms with Crippen LogP contribution < -0.4 is 19.5 Å². The second kappa shape index (κ2) is 17.0. The average Bonchev–Trinajstić information content (AvgIpc) is 3.20. The summed E-state index contributed by atoms with van der Waals surface area (Å²) in [5.41, 5.74) is 9.16. The van der Waals surface area contributed by atoms with Crippen molar-refractivity contribution in [2.75, 3.05) is 13.2 Å². The summed E-state index contributed by atoms with van der Waals surface area (Å²) in [7, 11) is 0. The van der Waals surface area contributed by atoms with Crippen molar-refractivity contribution in [3.63, 3.8) is 0 Å². The van der Waals surface area contributed by atoms with Gasteiger partial charge in [0.25, 0.3) is 0 Å². The van der Waals surface area contributed by atoms with Crippen molar-refractivity contribution in [2.45, 2.75) is 84.7 Å². The van der Waals surface area contributed by atoms with Gasteiger partial charge in [0.1, 0.15) is 18.4 Å². The van der Waals surface area contributed by atoms with Crippen molar-refractivity contribution in [3.8, 4) is 28.4 Å². The quantitative estimate of drug-likeness (QED) is 0.123. The number of ether oxygens (including phenoxy) is 3. The molecule has 5 aromatic rings. The van der Waals surface area contributed by atoms with Gasteiger partial charge in [0, 0.05) is 30.9 Å². The lowest BCUT2D eigenvalue weighted by Crippen LogP contribution is -2.55. The van der Waals surface area contributed by atoms with Crippen LogP contribution in [0.3, 0.4) is 0 Å². The lowest BCUT2D eigenvalue weighted by atomic mass is 9.89. The van der Waals surface area contributed by atoms with Crippen LogP contribution in [-0.2, 0) is 29.0 Å². The summed E-state index contributed by atoms with van der Waals surface area (Å²) in [6.45, 7) is 11.9. The van der Waals surface area contributed by atoms with Gasteiger partial charge in [-0.2, -0.15) is 0 Å². The largest absolute Gasteiger partial charge is 0.493 e. The standard InChI is InChI=1S/C47H51N3O6/c1-6-41(34-10-8-7-9-11-34)50-26-37-25-44-43(55-28-45(56-44)35-16-18-38(19-17-35)54-27-29(2)3)24-36(37)23-42(50)46(51)49-40(47(52)53)22-32-12-14-33(15-13-32)39-20-21-48-31(5)30(39)4/h7-21,24-25,29,40-42,45H,6,22-23,26-28H2,1-5H3,(H,49,51)(H,52,53)/t40-,41-,42-,45+/m0/s1. The molecular weight excluding hydrogens is 703 g/mol. The van der Waals surface area contributed by atoms with Gasteiger partial charge in [-0.3, -0.25) is 14.7 Å². The average molecular weight is 754 g/mol. The van der Waals surface area contributed by atoms with Crippen LogP contribution in [0.5, 0.6) is 17.2 Å². The van der Waals surface area contributed by atoms with E-state index in [0.717, 1.165) is 62.4 Å². The molecule has 9 nitrogen and oxygen atoms in total. The molecule has 1 amide bonds. The normalized spacial score (nSPS) is 17.5. The summed E-state index contributed by atoms with van der Waals surface area (Å²) in [4.78, 5) is 33.6. The minimum absolute atomic E-state index is 0.0754. The summed E-state index contributed by atoms with van der Waals surface area (Å²) in [5, 5.41) is 13.3. The molecule has 2 N–H and O–H groups in total. The Morgan fingerprint density at radius 3 is 2.38 bits per heavy atom. The van der Waals surface area contributed by atoms with Crippen molar-refractivity contribution in [1.29, 1.82) is 0 Å². The number of aromatic nitrogens is 1. The first-order valence-corrected chi connectivity index (χ1v) is 19.6. The predicted octanol–water partition coefficient (Wildman–Crippen LogP) is 8.60. The topological polar surface area (TPSA) is 110 Å². The van der Waals surface area contributed by atoms with E-state index in [1.807, 2.05) is 98.8 Å². The Hall–Kier alpha value is -5.67. The molecule has 0 radical (unpaired) electrons. The molecule has 4 aromatic carbocycles. The predicted molar refractivity (Wildman–Crippen MR) is 217 cm³/mol. The summed E-state index contributed by atoms with van der Waals surface area (Å²) < 4.78 is 18.7. The van der Waals surface area contributed by atoms with E-state index in [2.05, 4.69) is 48.1 Å². The fourth-order valence-electron chi connectivity index (χ4n) is 7.76. The van der Waals surface area contributed by atoms with Crippen molar-refractivity contribution in [3.05, 3.63) is 142 Å². The van der Waals surface area contributed by atoms with Crippen LogP contribution in [0.2, 0.25) is 0 Å². The number of benzene rings is 4. The zero-order valence-corrected chi connectivity index (χ0v) is 32.8. The zero-order valence-electron chi connectivity index (χ0n) is 32.8. The molecule has 290 valence electrons. The Labute approximate surface area is 329 Å². The molecule has 0 unspecified atom stereocenters. The van der Waals surface area contributed by atoms with E-state index in [1.165, 1.54) is 0 Å². The first-order valence-electron chi connectivity index (χ1n) is 19.6. The molecule has 0 spiro atoms. The fourth-order valence-corrected chi connectivity index (χ4v) is 7.76. The molecule has 4 atom stereocenters. The third kappa shape index (κ3) is 8.58. The van der Waals surface area contributed by atoms with E-state index >= 15 is 0 Å². The number of rotatable bonds is 13. The number of hydrogen-bond donors (Lipinski definition) is 2. The summed E-state index contributed by atoms with van der Waals surface area (Å²) in [6.07, 6.45) is 2.83. The second-order valence-corrected chi connectivity index (χ2v) is 15.4. The van der Waals surface area contributed by atoms with E-state index in [1.54, 1.807) is 6.20 Å². The van der Waals surface area contributed by atoms with Crippen LogP contribution in [0.15, 0.2) is 103 Å².